The molecule has 0 saturated heterocycles. The first kappa shape index (κ1) is 18.4. The van der Waals surface area contributed by atoms with Crippen molar-refractivity contribution in [2.75, 3.05) is 7.11 Å². The molecule has 1 rings (SSSR count). The largest absolute Gasteiger partial charge is 0.549 e. The van der Waals surface area contributed by atoms with Crippen molar-refractivity contribution in [2.24, 2.45) is 5.73 Å². The number of halogens is 1. The van der Waals surface area contributed by atoms with E-state index < -0.39 is 17.3 Å². The van der Waals surface area contributed by atoms with Crippen molar-refractivity contribution in [1.29, 1.82) is 0 Å². The number of esters is 1. The summed E-state index contributed by atoms with van der Waals surface area (Å²) in [5, 5.41) is 2.49. The molecule has 1 unspecified atom stereocenters. The first-order valence-electron chi connectivity index (χ1n) is 5.98. The smallest absolute Gasteiger partial charge is 0.468 e. The van der Waals surface area contributed by atoms with E-state index in [0.29, 0.717) is 25.2 Å². The Bertz CT molecular complexity index is 519. The summed E-state index contributed by atoms with van der Waals surface area (Å²) in [6, 6.07) is 0. The highest BCUT2D eigenvalue weighted by atomic mass is 35.5. The van der Waals surface area contributed by atoms with Gasteiger partial charge in [0.05, 0.1) is 7.11 Å². The number of carbonyl (C=O) groups excluding carboxylic acids is 1. The van der Waals surface area contributed by atoms with Crippen LogP contribution in [0.2, 0.25) is 0 Å². The van der Waals surface area contributed by atoms with Crippen molar-refractivity contribution < 1.29 is 19.2 Å². The maximum absolute atomic E-state index is 11.3. The summed E-state index contributed by atoms with van der Waals surface area (Å²) in [5.74, 6) is -0.200. The molecule has 0 aliphatic carbocycles. The molecular formula is C12H21ClN3O4+. The first-order valence-corrected chi connectivity index (χ1v) is 5.98. The Kier molecular flexibility index (Phi) is 7.23. The summed E-state index contributed by atoms with van der Waals surface area (Å²) in [5.41, 5.74) is 4.77. The minimum atomic E-state index is -1.03. The number of ether oxygens (including phenoxy) is 1. The third-order valence-electron chi connectivity index (χ3n) is 2.79. The van der Waals surface area contributed by atoms with Gasteiger partial charge in [-0.05, 0) is 13.3 Å². The van der Waals surface area contributed by atoms with E-state index in [1.54, 1.807) is 19.9 Å². The van der Waals surface area contributed by atoms with Crippen LogP contribution in [0.1, 0.15) is 25.6 Å². The molecule has 3 N–H and O–H groups in total. The van der Waals surface area contributed by atoms with Gasteiger partial charge in [-0.2, -0.15) is 9.36 Å². The lowest BCUT2D eigenvalue weighted by Crippen LogP contribution is -2.45. The van der Waals surface area contributed by atoms with Gasteiger partial charge >= 0.3 is 11.7 Å². The van der Waals surface area contributed by atoms with Gasteiger partial charge in [0, 0.05) is 13.3 Å². The van der Waals surface area contributed by atoms with E-state index in [-0.39, 0.29) is 12.4 Å². The standard InChI is InChI=1S/C12H19N3O4.ClH/c1-9-14-19-11(17)15(9)8-6-4-5-7-12(2,13)10(16)18-3;/h4-5H,6-8,13H2,1-3H3;1H/p+1. The van der Waals surface area contributed by atoms with Gasteiger partial charge in [0.25, 0.3) is 5.82 Å². The maximum atomic E-state index is 11.3. The van der Waals surface area contributed by atoms with Crippen LogP contribution in [0.4, 0.5) is 0 Å². The molecule has 0 aliphatic heterocycles. The molecule has 1 atom stereocenters. The van der Waals surface area contributed by atoms with Crippen LogP contribution in [0.5, 0.6) is 0 Å². The Labute approximate surface area is 123 Å². The lowest BCUT2D eigenvalue weighted by Gasteiger charge is -2.18. The van der Waals surface area contributed by atoms with Crippen molar-refractivity contribution in [3.63, 3.8) is 0 Å². The zero-order valence-corrected chi connectivity index (χ0v) is 12.7. The van der Waals surface area contributed by atoms with Gasteiger partial charge in [0.2, 0.25) is 0 Å². The van der Waals surface area contributed by atoms with Gasteiger partial charge in [-0.3, -0.25) is 4.79 Å². The molecule has 7 nitrogen and oxygen atoms in total. The van der Waals surface area contributed by atoms with E-state index in [1.807, 2.05) is 6.08 Å². The monoisotopic (exact) mass is 306 g/mol. The van der Waals surface area contributed by atoms with Crippen LogP contribution in [-0.4, -0.2) is 23.2 Å². The Balaban J connectivity index is 0.00000361. The van der Waals surface area contributed by atoms with Crippen molar-refractivity contribution in [3.8, 4) is 0 Å². The highest BCUT2D eigenvalue weighted by Crippen LogP contribution is 2.09. The SMILES string of the molecule is COC(=O)C(C)(N)CC=CCCn1c(C)[nH+]oc1=O.Cl. The van der Waals surface area contributed by atoms with Gasteiger partial charge in [-0.1, -0.05) is 17.3 Å². The predicted molar refractivity (Wildman–Crippen MR) is 74.5 cm³/mol. The molecule has 1 heterocycles. The molecule has 0 saturated carbocycles. The molecular weight excluding hydrogens is 286 g/mol. The number of methoxy groups -OCH3 is 1. The highest BCUT2D eigenvalue weighted by molar-refractivity contribution is 5.85. The Hall–Kier alpha value is -1.60. The number of carbonyl (C=O) groups is 1. The van der Waals surface area contributed by atoms with Gasteiger partial charge in [-0.15, -0.1) is 12.4 Å². The predicted octanol–water partition coefficient (Wildman–Crippen LogP) is 0.212. The number of aromatic amines is 1. The van der Waals surface area contributed by atoms with E-state index in [0.717, 1.165) is 0 Å². The average Bonchev–Trinajstić information content (AvgIpc) is 2.68. The van der Waals surface area contributed by atoms with Gasteiger partial charge in [-0.25, -0.2) is 4.52 Å². The molecule has 1 aromatic heterocycles. The zero-order chi connectivity index (χ0) is 14.5. The second-order valence-electron chi connectivity index (χ2n) is 4.58. The van der Waals surface area contributed by atoms with E-state index >= 15 is 0 Å². The Morgan fingerprint density at radius 3 is 2.70 bits per heavy atom. The minimum absolute atomic E-state index is 0. The highest BCUT2D eigenvalue weighted by Gasteiger charge is 2.27. The van der Waals surface area contributed by atoms with Gasteiger partial charge in [0.1, 0.15) is 12.1 Å². The first-order chi connectivity index (χ1) is 8.88. The van der Waals surface area contributed by atoms with E-state index in [9.17, 15) is 9.59 Å². The molecule has 0 amide bonds. The lowest BCUT2D eigenvalue weighted by atomic mass is 9.99. The van der Waals surface area contributed by atoms with Crippen LogP contribution < -0.4 is 16.6 Å². The molecule has 0 aromatic carbocycles. The van der Waals surface area contributed by atoms with Crippen molar-refractivity contribution in [3.05, 3.63) is 28.5 Å². The molecule has 114 valence electrons. The molecule has 0 radical (unpaired) electrons. The maximum Gasteiger partial charge on any atom is 0.549 e. The average molecular weight is 307 g/mol. The number of nitrogens with zero attached hydrogens (tertiary/aromatic N) is 1. The summed E-state index contributed by atoms with van der Waals surface area (Å²) >= 11 is 0. The zero-order valence-electron chi connectivity index (χ0n) is 11.8. The summed E-state index contributed by atoms with van der Waals surface area (Å²) < 4.78 is 10.7. The quantitative estimate of drug-likeness (QED) is 0.598. The molecule has 0 bridgehead atoms. The van der Waals surface area contributed by atoms with Crippen molar-refractivity contribution >= 4 is 18.4 Å². The second kappa shape index (κ2) is 7.86. The van der Waals surface area contributed by atoms with Crippen molar-refractivity contribution in [1.82, 2.24) is 4.57 Å². The molecule has 8 heteroatoms. The van der Waals surface area contributed by atoms with Crippen LogP contribution in [0.15, 0.2) is 21.5 Å². The number of nitrogens with one attached hydrogen (secondary N) is 1. The third kappa shape index (κ3) is 4.82. The Morgan fingerprint density at radius 2 is 2.20 bits per heavy atom. The van der Waals surface area contributed by atoms with Crippen molar-refractivity contribution in [2.45, 2.75) is 38.8 Å². The number of H-pyrrole nitrogens is 1. The molecule has 0 aliphatic rings. The number of allylic oxidation sites excluding steroid dienone is 1. The van der Waals surface area contributed by atoms with Crippen LogP contribution in [-0.2, 0) is 16.1 Å². The minimum Gasteiger partial charge on any atom is -0.468 e. The lowest BCUT2D eigenvalue weighted by molar-refractivity contribution is -0.618. The fourth-order valence-electron chi connectivity index (χ4n) is 1.59. The fourth-order valence-corrected chi connectivity index (χ4v) is 1.59. The molecule has 0 spiro atoms. The second-order valence-corrected chi connectivity index (χ2v) is 4.58. The third-order valence-corrected chi connectivity index (χ3v) is 2.79. The van der Waals surface area contributed by atoms with E-state index in [4.69, 9.17) is 5.73 Å². The normalized spacial score (nSPS) is 13.8. The van der Waals surface area contributed by atoms with Crippen LogP contribution in [0, 0.1) is 6.92 Å². The number of rotatable bonds is 6. The summed E-state index contributed by atoms with van der Waals surface area (Å²) in [7, 11) is 1.31. The topological polar surface area (TPSA) is 102 Å². The fraction of sp³-hybridized carbons (Fsp3) is 0.583. The van der Waals surface area contributed by atoms with E-state index in [2.05, 4.69) is 14.4 Å². The van der Waals surface area contributed by atoms with Crippen LogP contribution in [0.3, 0.4) is 0 Å². The summed E-state index contributed by atoms with van der Waals surface area (Å²) in [4.78, 5) is 22.6. The summed E-state index contributed by atoms with van der Waals surface area (Å²) in [6.07, 6.45) is 4.70. The number of aromatic nitrogens is 2. The molecule has 0 fully saturated rings. The number of hydrogen-bond acceptors (Lipinski definition) is 5. The van der Waals surface area contributed by atoms with Crippen LogP contribution >= 0.6 is 12.4 Å². The Morgan fingerprint density at radius 1 is 1.55 bits per heavy atom. The summed E-state index contributed by atoms with van der Waals surface area (Å²) in [6.45, 7) is 3.87. The number of aryl methyl sites for hydroxylation is 1. The number of nitrogens with two attached hydrogens (primary N) is 1. The molecule has 20 heavy (non-hydrogen) atoms. The van der Waals surface area contributed by atoms with E-state index in [1.165, 1.54) is 11.7 Å². The van der Waals surface area contributed by atoms with Gasteiger partial charge < -0.3 is 10.5 Å². The number of hydrogen-bond donors (Lipinski definition) is 1. The molecule has 1 aromatic rings. The van der Waals surface area contributed by atoms with Gasteiger partial charge in [0.15, 0.2) is 0 Å². The van der Waals surface area contributed by atoms with Crippen LogP contribution in [0.25, 0.3) is 0 Å².